The van der Waals surface area contributed by atoms with Crippen LogP contribution < -0.4 is 0 Å². The highest BCUT2D eigenvalue weighted by atomic mass is 35.5. The van der Waals surface area contributed by atoms with Crippen molar-refractivity contribution in [2.45, 2.75) is 44.7 Å². The van der Waals surface area contributed by atoms with E-state index in [9.17, 15) is 9.59 Å². The Kier molecular flexibility index (Phi) is 5.97. The number of pyridine rings is 1. The van der Waals surface area contributed by atoms with Crippen LogP contribution in [0.2, 0.25) is 0 Å². The van der Waals surface area contributed by atoms with Crippen molar-refractivity contribution >= 4 is 35.3 Å². The van der Waals surface area contributed by atoms with Crippen LogP contribution in [0, 0.1) is 6.92 Å². The van der Waals surface area contributed by atoms with Crippen molar-refractivity contribution in [2.75, 3.05) is 13.1 Å². The zero-order valence-electron chi connectivity index (χ0n) is 18.6. The first-order valence-corrected chi connectivity index (χ1v) is 12.6. The lowest BCUT2D eigenvalue weighted by Gasteiger charge is -2.44. The molecule has 2 aromatic rings. The Morgan fingerprint density at radius 1 is 1.24 bits per heavy atom. The van der Waals surface area contributed by atoms with Gasteiger partial charge in [0.2, 0.25) is 6.41 Å². The number of allylic oxidation sites excluding steroid dienone is 4. The van der Waals surface area contributed by atoms with Crippen molar-refractivity contribution in [2.24, 2.45) is 0 Å². The summed E-state index contributed by atoms with van der Waals surface area (Å²) in [6.07, 6.45) is 17.0. The normalized spacial score (nSPS) is 22.5. The number of nitrogens with zero attached hydrogens (tertiary/aromatic N) is 3. The van der Waals surface area contributed by atoms with Gasteiger partial charge in [-0.2, -0.15) is 0 Å². The van der Waals surface area contributed by atoms with Gasteiger partial charge in [-0.3, -0.25) is 14.6 Å². The van der Waals surface area contributed by atoms with E-state index in [-0.39, 0.29) is 5.91 Å². The Hall–Kier alpha value is -2.70. The van der Waals surface area contributed by atoms with Gasteiger partial charge in [-0.25, -0.2) is 0 Å². The van der Waals surface area contributed by atoms with E-state index >= 15 is 0 Å². The summed E-state index contributed by atoms with van der Waals surface area (Å²) in [7, 11) is 0. The number of aromatic nitrogens is 1. The summed E-state index contributed by atoms with van der Waals surface area (Å²) in [5.74, 6) is -0.0237. The molecule has 2 amide bonds. The largest absolute Gasteiger partial charge is 0.312 e. The van der Waals surface area contributed by atoms with Crippen molar-refractivity contribution in [1.82, 2.24) is 14.8 Å². The van der Waals surface area contributed by atoms with E-state index in [1.807, 2.05) is 42.2 Å². The molecule has 3 heterocycles. The molecule has 1 unspecified atom stereocenters. The number of carbonyl (C=O) groups is 2. The van der Waals surface area contributed by atoms with Crippen LogP contribution in [0.25, 0.3) is 0 Å². The number of halogens is 1. The number of carbonyl (C=O) groups excluding carboxylic acids is 2. The molecule has 0 aromatic carbocycles. The predicted molar refractivity (Wildman–Crippen MR) is 131 cm³/mol. The summed E-state index contributed by atoms with van der Waals surface area (Å²) in [5, 5.41) is 2.85. The third-order valence-corrected chi connectivity index (χ3v) is 8.25. The van der Waals surface area contributed by atoms with E-state index in [1.54, 1.807) is 17.3 Å². The Balaban J connectivity index is 1.73. The summed E-state index contributed by atoms with van der Waals surface area (Å²) >= 11 is 7.87. The summed E-state index contributed by atoms with van der Waals surface area (Å²) in [6.45, 7) is 2.89. The smallest absolute Gasteiger partial charge is 0.266 e. The minimum Gasteiger partial charge on any atom is -0.312 e. The van der Waals surface area contributed by atoms with E-state index in [2.05, 4.69) is 10.4 Å². The second-order valence-corrected chi connectivity index (χ2v) is 10.1. The number of fused-ring (bicyclic) bond motifs is 1. The molecule has 2 aromatic heterocycles. The molecule has 7 heteroatoms. The highest BCUT2D eigenvalue weighted by Crippen LogP contribution is 2.46. The first-order valence-electron chi connectivity index (χ1n) is 11.3. The van der Waals surface area contributed by atoms with E-state index in [1.165, 1.54) is 28.9 Å². The molecule has 1 aliphatic heterocycles. The van der Waals surface area contributed by atoms with Gasteiger partial charge in [0.15, 0.2) is 5.66 Å². The molecule has 2 aliphatic carbocycles. The van der Waals surface area contributed by atoms with Gasteiger partial charge in [-0.15, -0.1) is 11.3 Å². The summed E-state index contributed by atoms with van der Waals surface area (Å²) in [5.41, 5.74) is 4.03. The molecule has 3 aliphatic rings. The van der Waals surface area contributed by atoms with Crippen LogP contribution in [-0.2, 0) is 23.3 Å². The summed E-state index contributed by atoms with van der Waals surface area (Å²) in [6, 6.07) is 1.93. The molecule has 0 bridgehead atoms. The van der Waals surface area contributed by atoms with Gasteiger partial charge in [0.05, 0.1) is 4.88 Å². The zero-order valence-corrected chi connectivity index (χ0v) is 20.2. The first kappa shape index (κ1) is 22.1. The molecule has 5 nitrogen and oxygen atoms in total. The van der Waals surface area contributed by atoms with E-state index < -0.39 is 5.66 Å². The Morgan fingerprint density at radius 3 is 2.91 bits per heavy atom. The third kappa shape index (κ3) is 3.56. The molecule has 1 fully saturated rings. The van der Waals surface area contributed by atoms with Crippen LogP contribution in [-0.4, -0.2) is 40.2 Å². The summed E-state index contributed by atoms with van der Waals surface area (Å²) in [4.78, 5) is 35.5. The van der Waals surface area contributed by atoms with Gasteiger partial charge in [0.25, 0.3) is 5.91 Å². The fourth-order valence-electron chi connectivity index (χ4n) is 5.33. The molecule has 0 N–H and O–H groups in total. The minimum atomic E-state index is -1.09. The highest BCUT2D eigenvalue weighted by Gasteiger charge is 2.54. The lowest BCUT2D eigenvalue weighted by atomic mass is 9.86. The van der Waals surface area contributed by atoms with Crippen LogP contribution in [0.3, 0.4) is 0 Å². The average molecular weight is 480 g/mol. The topological polar surface area (TPSA) is 53.5 Å². The van der Waals surface area contributed by atoms with Crippen molar-refractivity contribution in [3.8, 4) is 0 Å². The van der Waals surface area contributed by atoms with Crippen LogP contribution in [0.5, 0.6) is 0 Å². The van der Waals surface area contributed by atoms with E-state index in [0.29, 0.717) is 24.5 Å². The standard InChI is InChI=1S/C26H26ClN3O2S/c1-18-11-12-28-15-23(18)26(20-6-4-7-21(27)10-9-20)29(17-31)13-14-30(26)25(32)24-22-8-3-2-5-19(22)16-33-24/h4,6,9-12,15-17H,2-3,5,7-8,13-14H2,1H3. The molecular formula is C26H26ClN3O2S. The highest BCUT2D eigenvalue weighted by molar-refractivity contribution is 7.12. The number of hydrogen-bond acceptors (Lipinski definition) is 4. The maximum atomic E-state index is 14.2. The Morgan fingerprint density at radius 2 is 2.09 bits per heavy atom. The minimum absolute atomic E-state index is 0.0237. The predicted octanol–water partition coefficient (Wildman–Crippen LogP) is 5.11. The lowest BCUT2D eigenvalue weighted by Crippen LogP contribution is -2.54. The SMILES string of the molecule is Cc1ccncc1C1(C2=CC=C(Cl)CC=C2)N(C=O)CCN1C(=O)c1scc2c1CCCC2. The van der Waals surface area contributed by atoms with Crippen LogP contribution >= 0.6 is 22.9 Å². The van der Waals surface area contributed by atoms with E-state index in [0.717, 1.165) is 47.2 Å². The maximum Gasteiger partial charge on any atom is 0.266 e. The van der Waals surface area contributed by atoms with Gasteiger partial charge in [-0.05, 0) is 66.8 Å². The zero-order chi connectivity index (χ0) is 23.0. The van der Waals surface area contributed by atoms with Gasteiger partial charge in [-0.1, -0.05) is 29.8 Å². The third-order valence-electron chi connectivity index (χ3n) is 6.91. The van der Waals surface area contributed by atoms with Gasteiger partial charge in [0.1, 0.15) is 0 Å². The van der Waals surface area contributed by atoms with Gasteiger partial charge >= 0.3 is 0 Å². The van der Waals surface area contributed by atoms with Gasteiger partial charge < -0.3 is 9.80 Å². The maximum absolute atomic E-state index is 14.2. The van der Waals surface area contributed by atoms with Crippen LogP contribution in [0.1, 0.15) is 51.2 Å². The Bertz CT molecular complexity index is 1200. The number of hydrogen-bond donors (Lipinski definition) is 0. The second kappa shape index (κ2) is 8.92. The number of thiophene rings is 1. The molecule has 33 heavy (non-hydrogen) atoms. The molecule has 0 spiro atoms. The molecule has 5 rings (SSSR count). The first-order chi connectivity index (χ1) is 16.1. The Labute approximate surface area is 203 Å². The number of rotatable bonds is 4. The van der Waals surface area contributed by atoms with Crippen LogP contribution in [0.4, 0.5) is 0 Å². The summed E-state index contributed by atoms with van der Waals surface area (Å²) < 4.78 is 0. The monoisotopic (exact) mass is 479 g/mol. The molecular weight excluding hydrogens is 454 g/mol. The van der Waals surface area contributed by atoms with Crippen molar-refractivity contribution < 1.29 is 9.59 Å². The number of aryl methyl sites for hydroxylation is 2. The second-order valence-electron chi connectivity index (χ2n) is 8.74. The number of amides is 2. The van der Waals surface area contributed by atoms with Gasteiger partial charge in [0, 0.05) is 48.1 Å². The molecule has 1 saturated heterocycles. The fraction of sp³-hybridized carbons (Fsp3) is 0.346. The van der Waals surface area contributed by atoms with Crippen molar-refractivity contribution in [1.29, 1.82) is 0 Å². The van der Waals surface area contributed by atoms with Crippen molar-refractivity contribution in [3.63, 3.8) is 0 Å². The molecule has 0 saturated carbocycles. The molecule has 1 atom stereocenters. The van der Waals surface area contributed by atoms with E-state index in [4.69, 9.17) is 11.6 Å². The van der Waals surface area contributed by atoms with Crippen LogP contribution in [0.15, 0.2) is 58.7 Å². The lowest BCUT2D eigenvalue weighted by molar-refractivity contribution is -0.123. The molecule has 0 radical (unpaired) electrons. The quantitative estimate of drug-likeness (QED) is 0.573. The fourth-order valence-corrected chi connectivity index (χ4v) is 6.58. The average Bonchev–Trinajstić information content (AvgIpc) is 3.36. The van der Waals surface area contributed by atoms with Crippen molar-refractivity contribution in [3.05, 3.63) is 85.9 Å². The molecule has 170 valence electrons.